The molecule has 2 atom stereocenters. The molecular weight excluding hydrogens is 470 g/mol. The number of alkyl carbamates (subject to hydrolysis) is 1. The smallest absolute Gasteiger partial charge is 0.408 e. The van der Waals surface area contributed by atoms with Crippen LogP contribution in [-0.4, -0.2) is 45.1 Å². The Kier molecular flexibility index (Phi) is 9.36. The topological polar surface area (TPSA) is 108 Å². The number of hydrogen-bond donors (Lipinski definition) is 3. The van der Waals surface area contributed by atoms with Crippen molar-refractivity contribution in [2.75, 3.05) is 5.32 Å². The lowest BCUT2D eigenvalue weighted by Crippen LogP contribution is -2.58. The Bertz CT molecular complexity index is 1120. The summed E-state index contributed by atoms with van der Waals surface area (Å²) in [7, 11) is 0. The number of para-hydroxylation sites is 1. The van der Waals surface area contributed by atoms with Crippen LogP contribution in [-0.2, 0) is 14.3 Å². The minimum Gasteiger partial charge on any atom is -0.508 e. The van der Waals surface area contributed by atoms with E-state index in [-0.39, 0.29) is 5.75 Å². The lowest BCUT2D eigenvalue weighted by molar-refractivity contribution is -0.147. The number of hydrogen-bond acceptors (Lipinski definition) is 5. The van der Waals surface area contributed by atoms with Crippen molar-refractivity contribution in [1.82, 2.24) is 10.2 Å². The van der Waals surface area contributed by atoms with Crippen LogP contribution in [0.2, 0.25) is 0 Å². The third-order valence-electron chi connectivity index (χ3n) is 6.28. The number of carbonyl (C=O) groups excluding carboxylic acids is 3. The van der Waals surface area contributed by atoms with Crippen LogP contribution in [0.15, 0.2) is 42.5 Å². The Labute approximate surface area is 220 Å². The number of ether oxygens (including phenoxy) is 1. The number of nitrogens with one attached hydrogen (secondary N) is 2. The van der Waals surface area contributed by atoms with Gasteiger partial charge in [-0.1, -0.05) is 37.3 Å². The van der Waals surface area contributed by atoms with Gasteiger partial charge in [-0.15, -0.1) is 0 Å². The van der Waals surface area contributed by atoms with E-state index in [4.69, 9.17) is 4.74 Å². The Balaban J connectivity index is 2.58. The molecule has 3 amide bonds. The first-order valence-electron chi connectivity index (χ1n) is 12.6. The zero-order valence-corrected chi connectivity index (χ0v) is 23.4. The molecule has 202 valence electrons. The van der Waals surface area contributed by atoms with Gasteiger partial charge in [0.15, 0.2) is 0 Å². The van der Waals surface area contributed by atoms with E-state index in [2.05, 4.69) is 10.6 Å². The van der Waals surface area contributed by atoms with Gasteiger partial charge in [-0.05, 0) is 90.6 Å². The van der Waals surface area contributed by atoms with E-state index in [9.17, 15) is 19.5 Å². The summed E-state index contributed by atoms with van der Waals surface area (Å²) in [5, 5.41) is 15.8. The van der Waals surface area contributed by atoms with Gasteiger partial charge in [0.25, 0.3) is 5.91 Å². The molecule has 2 unspecified atom stereocenters. The van der Waals surface area contributed by atoms with Gasteiger partial charge >= 0.3 is 6.09 Å². The summed E-state index contributed by atoms with van der Waals surface area (Å²) in [4.78, 5) is 41.9. The third kappa shape index (κ3) is 7.71. The van der Waals surface area contributed by atoms with Crippen molar-refractivity contribution in [3.63, 3.8) is 0 Å². The minimum absolute atomic E-state index is 0.0241. The standard InChI is InChI=1S/C29H41N3O5/c1-10-29(8,9)32(26(35)20(4)30-27(36)37-28(5,6)7)24(21-15-12-16-22(33)17-21)25(34)31-23-18(2)13-11-14-19(23)3/h11-17,20,24,33H,10H2,1-9H3,(H,30,36)(H,31,34). The van der Waals surface area contributed by atoms with E-state index >= 15 is 0 Å². The Morgan fingerprint density at radius 2 is 1.57 bits per heavy atom. The Hall–Kier alpha value is -3.55. The van der Waals surface area contributed by atoms with Crippen LogP contribution in [0.25, 0.3) is 0 Å². The number of amides is 3. The molecule has 2 rings (SSSR count). The van der Waals surface area contributed by atoms with Gasteiger partial charge in [-0.25, -0.2) is 4.79 Å². The van der Waals surface area contributed by atoms with E-state index in [1.807, 2.05) is 52.8 Å². The SMILES string of the molecule is CCC(C)(C)N(C(=O)C(C)NC(=O)OC(C)(C)C)C(C(=O)Nc1c(C)cccc1C)c1cccc(O)c1. The van der Waals surface area contributed by atoms with Crippen LogP contribution in [0, 0.1) is 13.8 Å². The van der Waals surface area contributed by atoms with Crippen LogP contribution in [0.3, 0.4) is 0 Å². The van der Waals surface area contributed by atoms with E-state index in [0.29, 0.717) is 17.7 Å². The molecule has 8 heteroatoms. The molecule has 0 fully saturated rings. The molecule has 2 aromatic rings. The molecule has 37 heavy (non-hydrogen) atoms. The molecule has 0 aliphatic heterocycles. The first-order chi connectivity index (χ1) is 17.1. The quantitative estimate of drug-likeness (QED) is 0.426. The highest BCUT2D eigenvalue weighted by Gasteiger charge is 2.42. The predicted octanol–water partition coefficient (Wildman–Crippen LogP) is 5.62. The predicted molar refractivity (Wildman–Crippen MR) is 145 cm³/mol. The summed E-state index contributed by atoms with van der Waals surface area (Å²) in [6, 6.07) is 9.97. The highest BCUT2D eigenvalue weighted by molar-refractivity contribution is 6.00. The maximum atomic E-state index is 14.0. The van der Waals surface area contributed by atoms with Crippen LogP contribution in [0.4, 0.5) is 10.5 Å². The van der Waals surface area contributed by atoms with E-state index < -0.39 is 41.1 Å². The molecule has 2 aromatic carbocycles. The minimum atomic E-state index is -1.09. The molecule has 0 saturated carbocycles. The molecular formula is C29H41N3O5. The zero-order valence-electron chi connectivity index (χ0n) is 23.4. The molecule has 0 spiro atoms. The van der Waals surface area contributed by atoms with E-state index in [1.54, 1.807) is 39.8 Å². The summed E-state index contributed by atoms with van der Waals surface area (Å²) < 4.78 is 5.33. The first-order valence-corrected chi connectivity index (χ1v) is 12.6. The second-order valence-electron chi connectivity index (χ2n) is 11.0. The highest BCUT2D eigenvalue weighted by atomic mass is 16.6. The second kappa shape index (κ2) is 11.7. The summed E-state index contributed by atoms with van der Waals surface area (Å²) >= 11 is 0. The number of rotatable bonds is 8. The number of nitrogens with zero attached hydrogens (tertiary/aromatic N) is 1. The number of aromatic hydroxyl groups is 1. The third-order valence-corrected chi connectivity index (χ3v) is 6.28. The average Bonchev–Trinajstić information content (AvgIpc) is 2.77. The van der Waals surface area contributed by atoms with Gasteiger partial charge in [0.05, 0.1) is 0 Å². The first kappa shape index (κ1) is 29.7. The van der Waals surface area contributed by atoms with Crippen molar-refractivity contribution < 1.29 is 24.2 Å². The van der Waals surface area contributed by atoms with Crippen molar-refractivity contribution >= 4 is 23.6 Å². The molecule has 0 aliphatic rings. The maximum Gasteiger partial charge on any atom is 0.408 e. The molecule has 8 nitrogen and oxygen atoms in total. The zero-order chi connectivity index (χ0) is 28.1. The van der Waals surface area contributed by atoms with Gasteiger partial charge in [-0.2, -0.15) is 0 Å². The van der Waals surface area contributed by atoms with Crippen molar-refractivity contribution in [1.29, 1.82) is 0 Å². The summed E-state index contributed by atoms with van der Waals surface area (Å²) in [6.45, 7) is 16.2. The van der Waals surface area contributed by atoms with E-state index in [0.717, 1.165) is 11.1 Å². The number of aryl methyl sites for hydroxylation is 2. The van der Waals surface area contributed by atoms with Gasteiger partial charge in [0, 0.05) is 11.2 Å². The van der Waals surface area contributed by atoms with Crippen molar-refractivity contribution in [3.05, 3.63) is 59.2 Å². The monoisotopic (exact) mass is 511 g/mol. The van der Waals surface area contributed by atoms with Crippen molar-refractivity contribution in [2.45, 2.75) is 92.0 Å². The molecule has 0 aliphatic carbocycles. The van der Waals surface area contributed by atoms with Crippen molar-refractivity contribution in [3.8, 4) is 5.75 Å². The number of phenolic OH excluding ortho intramolecular Hbond substituents is 1. The number of carbonyl (C=O) groups is 3. The van der Waals surface area contributed by atoms with Gasteiger partial charge in [-0.3, -0.25) is 9.59 Å². The van der Waals surface area contributed by atoms with Crippen LogP contribution in [0.5, 0.6) is 5.75 Å². The molecule has 0 aromatic heterocycles. The molecule has 3 N–H and O–H groups in total. The number of benzene rings is 2. The fourth-order valence-corrected chi connectivity index (χ4v) is 4.02. The maximum absolute atomic E-state index is 14.0. The fraction of sp³-hybridized carbons (Fsp3) is 0.483. The fourth-order valence-electron chi connectivity index (χ4n) is 4.02. The lowest BCUT2D eigenvalue weighted by Gasteiger charge is -2.44. The highest BCUT2D eigenvalue weighted by Crippen LogP contribution is 2.34. The number of phenols is 1. The summed E-state index contributed by atoms with van der Waals surface area (Å²) in [5.74, 6) is -0.908. The second-order valence-corrected chi connectivity index (χ2v) is 11.0. The van der Waals surface area contributed by atoms with Crippen LogP contribution >= 0.6 is 0 Å². The lowest BCUT2D eigenvalue weighted by atomic mass is 9.92. The molecule has 0 heterocycles. The van der Waals surface area contributed by atoms with Gasteiger partial charge in [0.1, 0.15) is 23.4 Å². The van der Waals surface area contributed by atoms with E-state index in [1.165, 1.54) is 17.0 Å². The number of anilines is 1. The Morgan fingerprint density at radius 1 is 1.00 bits per heavy atom. The van der Waals surface area contributed by atoms with Crippen molar-refractivity contribution in [2.24, 2.45) is 0 Å². The van der Waals surface area contributed by atoms with Crippen LogP contribution < -0.4 is 10.6 Å². The largest absolute Gasteiger partial charge is 0.508 e. The van der Waals surface area contributed by atoms with Gasteiger partial charge in [0.2, 0.25) is 5.91 Å². The normalized spacial score (nSPS) is 13.3. The molecule has 0 bridgehead atoms. The van der Waals surface area contributed by atoms with Gasteiger partial charge < -0.3 is 25.4 Å². The molecule has 0 saturated heterocycles. The molecule has 0 radical (unpaired) electrons. The summed E-state index contributed by atoms with van der Waals surface area (Å²) in [5.41, 5.74) is 1.37. The summed E-state index contributed by atoms with van der Waals surface area (Å²) in [6.07, 6.45) is -0.194. The average molecular weight is 512 g/mol. The Morgan fingerprint density at radius 3 is 2.08 bits per heavy atom. The van der Waals surface area contributed by atoms with Crippen LogP contribution in [0.1, 0.15) is 77.6 Å².